The number of nitrogens with two attached hydrogens (primary N) is 1. The van der Waals surface area contributed by atoms with Crippen LogP contribution in [0, 0.1) is 0 Å². The van der Waals surface area contributed by atoms with E-state index in [1.54, 1.807) is 6.20 Å². The molecule has 0 bridgehead atoms. The molecule has 0 spiro atoms. The zero-order chi connectivity index (χ0) is 21.2. The number of carbonyl (C=O) groups excluding carboxylic acids is 1. The predicted octanol–water partition coefficient (Wildman–Crippen LogP) is 4.43. The third-order valence-electron chi connectivity index (χ3n) is 5.69. The summed E-state index contributed by atoms with van der Waals surface area (Å²) in [5.41, 5.74) is 5.70. The number of hydrogen-bond donors (Lipinski definition) is 1. The summed E-state index contributed by atoms with van der Waals surface area (Å²) in [4.78, 5) is 15.6. The number of carbonyl (C=O) groups is 1. The summed E-state index contributed by atoms with van der Waals surface area (Å²) in [7, 11) is 0. The van der Waals surface area contributed by atoms with Gasteiger partial charge in [0.05, 0.1) is 12.2 Å². The van der Waals surface area contributed by atoms with Crippen LogP contribution < -0.4 is 10.8 Å². The average molecular weight is 406 g/mol. The van der Waals surface area contributed by atoms with Crippen LogP contribution in [0.5, 0.6) is 0 Å². The van der Waals surface area contributed by atoms with Gasteiger partial charge in [-0.15, -0.1) is 0 Å². The van der Waals surface area contributed by atoms with E-state index in [0.717, 1.165) is 18.7 Å². The highest BCUT2D eigenvalue weighted by atomic mass is 16.4. The van der Waals surface area contributed by atoms with E-state index < -0.39 is 5.97 Å². The molecule has 0 amide bonds. The highest BCUT2D eigenvalue weighted by Crippen LogP contribution is 2.21. The lowest BCUT2D eigenvalue weighted by molar-refractivity contribution is -0.780. The Morgan fingerprint density at radius 2 is 1.59 bits per heavy atom. The second-order valence-corrected chi connectivity index (χ2v) is 8.25. The number of carboxylic acids is 1. The molecule has 0 aromatic heterocycles. The van der Waals surface area contributed by atoms with Crippen molar-refractivity contribution in [2.75, 3.05) is 19.6 Å². The van der Waals surface area contributed by atoms with E-state index in [4.69, 9.17) is 5.73 Å². The monoisotopic (exact) mass is 405 g/mol. The van der Waals surface area contributed by atoms with Crippen LogP contribution in [0.1, 0.15) is 96.8 Å². The number of carboxylic acid groups (broad SMARTS) is 1. The summed E-state index contributed by atoms with van der Waals surface area (Å²) in [6.45, 7) is 3.17. The van der Waals surface area contributed by atoms with Crippen molar-refractivity contribution in [1.29, 1.82) is 0 Å². The van der Waals surface area contributed by atoms with Gasteiger partial charge in [0.1, 0.15) is 19.3 Å². The van der Waals surface area contributed by atoms with Crippen LogP contribution in [0.15, 0.2) is 29.5 Å². The van der Waals surface area contributed by atoms with Gasteiger partial charge in [-0.25, -0.2) is 9.48 Å². The number of hydrogen-bond acceptors (Lipinski definition) is 4. The molecule has 1 aliphatic heterocycles. The Hall–Kier alpha value is -1.46. The molecule has 0 radical (unpaired) electrons. The summed E-state index contributed by atoms with van der Waals surface area (Å²) in [5.74, 6) is -0.131. The van der Waals surface area contributed by atoms with Crippen LogP contribution in [-0.2, 0) is 4.79 Å². The van der Waals surface area contributed by atoms with Gasteiger partial charge in [-0.3, -0.25) is 0 Å². The fourth-order valence-electron chi connectivity index (χ4n) is 3.96. The summed E-state index contributed by atoms with van der Waals surface area (Å²) in [5, 5.41) is 11.1. The van der Waals surface area contributed by atoms with E-state index in [1.807, 2.05) is 6.20 Å². The Morgan fingerprint density at radius 1 is 1.00 bits per heavy atom. The molecule has 1 rings (SSSR count). The Kier molecular flexibility index (Phi) is 14.4. The van der Waals surface area contributed by atoms with Crippen molar-refractivity contribution in [3.05, 3.63) is 24.6 Å². The maximum atomic E-state index is 11.1. The van der Waals surface area contributed by atoms with Crippen LogP contribution in [0.2, 0.25) is 0 Å². The molecule has 0 aromatic carbocycles. The van der Waals surface area contributed by atoms with Gasteiger partial charge in [-0.2, -0.15) is 0 Å². The van der Waals surface area contributed by atoms with E-state index in [-0.39, 0.29) is 11.0 Å². The van der Waals surface area contributed by atoms with Crippen molar-refractivity contribution in [2.24, 2.45) is 10.7 Å². The van der Waals surface area contributed by atoms with Crippen molar-refractivity contribution in [3.63, 3.8) is 0 Å². The quantitative estimate of drug-likeness (QED) is 0.196. The van der Waals surface area contributed by atoms with E-state index in [2.05, 4.69) is 24.1 Å². The lowest BCUT2D eigenvalue weighted by Gasteiger charge is -2.32. The molecule has 0 aliphatic carbocycles. The lowest BCUT2D eigenvalue weighted by Crippen LogP contribution is -2.55. The summed E-state index contributed by atoms with van der Waals surface area (Å²) in [6.07, 6.45) is 25.7. The largest absolute Gasteiger partial charge is 0.544 e. The molecule has 1 heterocycles. The minimum Gasteiger partial charge on any atom is -0.544 e. The fraction of sp³-hybridized carbons (Fsp3) is 0.750. The first-order valence-electron chi connectivity index (χ1n) is 11.8. The first kappa shape index (κ1) is 25.6. The van der Waals surface area contributed by atoms with Crippen molar-refractivity contribution in [1.82, 2.24) is 0 Å². The number of rotatable bonds is 19. The van der Waals surface area contributed by atoms with Gasteiger partial charge in [-0.1, -0.05) is 76.9 Å². The predicted molar refractivity (Wildman–Crippen MR) is 120 cm³/mol. The Labute approximate surface area is 178 Å². The van der Waals surface area contributed by atoms with Gasteiger partial charge in [-0.05, 0) is 25.7 Å². The lowest BCUT2D eigenvalue weighted by atomic mass is 10.0. The molecule has 1 unspecified atom stereocenters. The standard InChI is InChI=1S/C24H43N3O2/c1-2-3-4-5-6-7-8-9-10-11-12-13-14-15-16-17-23-26-19-21-27(23,20-18-25)22-24(28)29/h5-6,19,21H,2-4,7-18,20,22,25H2,1H3/b6-5+. The third-order valence-corrected chi connectivity index (χ3v) is 5.69. The molecule has 1 aliphatic rings. The summed E-state index contributed by atoms with van der Waals surface area (Å²) < 4.78 is 0.243. The first-order chi connectivity index (χ1) is 14.1. The second kappa shape index (κ2) is 16.3. The van der Waals surface area contributed by atoms with Gasteiger partial charge >= 0.3 is 0 Å². The first-order valence-corrected chi connectivity index (χ1v) is 11.8. The molecule has 5 nitrogen and oxygen atoms in total. The number of aliphatic carboxylic acids is 1. The van der Waals surface area contributed by atoms with Crippen LogP contribution in [0.4, 0.5) is 0 Å². The summed E-state index contributed by atoms with van der Waals surface area (Å²) >= 11 is 0. The maximum absolute atomic E-state index is 11.1. The minimum atomic E-state index is -1.05. The summed E-state index contributed by atoms with van der Waals surface area (Å²) in [6, 6.07) is 0. The van der Waals surface area contributed by atoms with Gasteiger partial charge < -0.3 is 15.6 Å². The topological polar surface area (TPSA) is 78.5 Å². The number of amidine groups is 1. The second-order valence-electron chi connectivity index (χ2n) is 8.25. The van der Waals surface area contributed by atoms with E-state index in [0.29, 0.717) is 13.1 Å². The molecular formula is C24H43N3O2. The minimum absolute atomic E-state index is 0.0684. The molecular weight excluding hydrogens is 362 g/mol. The van der Waals surface area contributed by atoms with Crippen LogP contribution in [-0.4, -0.2) is 35.9 Å². The fourth-order valence-corrected chi connectivity index (χ4v) is 3.96. The average Bonchev–Trinajstić information content (AvgIpc) is 3.06. The van der Waals surface area contributed by atoms with E-state index >= 15 is 0 Å². The molecule has 5 heteroatoms. The molecule has 0 aromatic rings. The van der Waals surface area contributed by atoms with Gasteiger partial charge in [0.25, 0.3) is 0 Å². The van der Waals surface area contributed by atoms with E-state index in [9.17, 15) is 9.90 Å². The Bertz CT molecular complexity index is 528. The number of allylic oxidation sites excluding steroid dienone is 2. The Balaban J connectivity index is 2.01. The Morgan fingerprint density at radius 3 is 2.17 bits per heavy atom. The van der Waals surface area contributed by atoms with Gasteiger partial charge in [0, 0.05) is 13.0 Å². The molecule has 29 heavy (non-hydrogen) atoms. The highest BCUT2D eigenvalue weighted by molar-refractivity contribution is 5.80. The highest BCUT2D eigenvalue weighted by Gasteiger charge is 2.34. The zero-order valence-corrected chi connectivity index (χ0v) is 18.6. The molecule has 2 N–H and O–H groups in total. The van der Waals surface area contributed by atoms with Crippen molar-refractivity contribution >= 4 is 11.8 Å². The van der Waals surface area contributed by atoms with Crippen molar-refractivity contribution < 1.29 is 14.4 Å². The van der Waals surface area contributed by atoms with E-state index in [1.165, 1.54) is 77.0 Å². The number of quaternary nitrogens is 1. The third kappa shape index (κ3) is 11.3. The van der Waals surface area contributed by atoms with Gasteiger partial charge in [0.2, 0.25) is 5.84 Å². The molecule has 166 valence electrons. The van der Waals surface area contributed by atoms with Crippen molar-refractivity contribution in [3.8, 4) is 0 Å². The molecule has 1 atom stereocenters. The number of nitrogens with zero attached hydrogens (tertiary/aromatic N) is 2. The normalized spacial score (nSPS) is 18.6. The van der Waals surface area contributed by atoms with Gasteiger partial charge in [0.15, 0.2) is 0 Å². The number of aliphatic imine (C=N–C) groups is 1. The zero-order valence-electron chi connectivity index (χ0n) is 18.6. The molecule has 0 saturated carbocycles. The van der Waals surface area contributed by atoms with Crippen LogP contribution >= 0.6 is 0 Å². The molecule has 0 fully saturated rings. The molecule has 0 saturated heterocycles. The number of unbranched alkanes of at least 4 members (excludes halogenated alkanes) is 11. The van der Waals surface area contributed by atoms with Crippen molar-refractivity contribution in [2.45, 2.75) is 96.8 Å². The van der Waals surface area contributed by atoms with Crippen LogP contribution in [0.25, 0.3) is 0 Å². The maximum Gasteiger partial charge on any atom is 0.207 e. The smallest absolute Gasteiger partial charge is 0.207 e. The SMILES string of the molecule is CCCC/C=C/CCCCCCCCCCCC1=NC=C[N+]1(CCN)CC(=O)[O-]. The van der Waals surface area contributed by atoms with Crippen LogP contribution in [0.3, 0.4) is 0 Å².